The number of nitrogens with one attached hydrogen (secondary N) is 1. The van der Waals surface area contributed by atoms with Crippen molar-refractivity contribution >= 4 is 15.9 Å². The first-order chi connectivity index (χ1) is 14.4. The average Bonchev–Trinajstić information content (AvgIpc) is 2.78. The summed E-state index contributed by atoms with van der Waals surface area (Å²) in [5, 5.41) is 2.84. The van der Waals surface area contributed by atoms with E-state index in [-0.39, 0.29) is 18.2 Å². The van der Waals surface area contributed by atoms with Crippen LogP contribution < -0.4 is 14.8 Å². The van der Waals surface area contributed by atoms with Gasteiger partial charge in [-0.1, -0.05) is 24.3 Å². The Bertz CT molecular complexity index is 987. The highest BCUT2D eigenvalue weighted by molar-refractivity contribution is 7.88. The van der Waals surface area contributed by atoms with E-state index < -0.39 is 10.0 Å². The van der Waals surface area contributed by atoms with Gasteiger partial charge in [-0.2, -0.15) is 4.31 Å². The average molecular weight is 435 g/mol. The minimum Gasteiger partial charge on any atom is -0.497 e. The predicted molar refractivity (Wildman–Crippen MR) is 112 cm³/mol. The first-order valence-electron chi connectivity index (χ1n) is 9.57. The molecule has 1 fully saturated rings. The second-order valence-electron chi connectivity index (χ2n) is 6.79. The molecule has 0 atom stereocenters. The molecule has 1 saturated heterocycles. The molecule has 0 bridgehead atoms. The number of methoxy groups -OCH3 is 2. The maximum atomic E-state index is 12.8. The number of nitrogens with zero attached hydrogens (tertiary/aromatic N) is 1. The molecule has 1 aliphatic rings. The van der Waals surface area contributed by atoms with Crippen LogP contribution in [0.2, 0.25) is 0 Å². The van der Waals surface area contributed by atoms with Crippen LogP contribution in [0.25, 0.3) is 0 Å². The van der Waals surface area contributed by atoms with Gasteiger partial charge in [0.2, 0.25) is 10.0 Å². The lowest BCUT2D eigenvalue weighted by Gasteiger charge is -2.26. The van der Waals surface area contributed by atoms with Crippen molar-refractivity contribution in [2.45, 2.75) is 12.3 Å². The van der Waals surface area contributed by atoms with Crippen molar-refractivity contribution < 1.29 is 27.4 Å². The first kappa shape index (κ1) is 22.1. The maximum absolute atomic E-state index is 12.8. The Morgan fingerprint density at radius 2 is 1.77 bits per heavy atom. The van der Waals surface area contributed by atoms with E-state index >= 15 is 0 Å². The topological polar surface area (TPSA) is 94.2 Å². The van der Waals surface area contributed by atoms with Crippen molar-refractivity contribution in [1.29, 1.82) is 0 Å². The number of morpholine rings is 1. The molecule has 1 aliphatic heterocycles. The van der Waals surface area contributed by atoms with Crippen LogP contribution in [0.5, 0.6) is 11.5 Å². The third-order valence-electron chi connectivity index (χ3n) is 4.91. The van der Waals surface area contributed by atoms with Crippen molar-refractivity contribution in [1.82, 2.24) is 9.62 Å². The fourth-order valence-corrected chi connectivity index (χ4v) is 4.80. The summed E-state index contributed by atoms with van der Waals surface area (Å²) >= 11 is 0. The molecular formula is C21H26N2O6S. The van der Waals surface area contributed by atoms with Gasteiger partial charge in [0.25, 0.3) is 5.91 Å². The summed E-state index contributed by atoms with van der Waals surface area (Å²) < 4.78 is 42.7. The molecule has 2 aromatic rings. The fourth-order valence-electron chi connectivity index (χ4n) is 3.24. The largest absolute Gasteiger partial charge is 0.497 e. The Hall–Kier alpha value is -2.62. The van der Waals surface area contributed by atoms with E-state index in [0.717, 1.165) is 5.56 Å². The van der Waals surface area contributed by atoms with Crippen LogP contribution >= 0.6 is 0 Å². The van der Waals surface area contributed by atoms with Crippen molar-refractivity contribution in [3.05, 3.63) is 59.2 Å². The normalized spacial score (nSPS) is 14.9. The second-order valence-corrected chi connectivity index (χ2v) is 8.75. The highest BCUT2D eigenvalue weighted by Crippen LogP contribution is 2.24. The standard InChI is InChI=1S/C21H26N2O6S/c1-27-18-7-8-19(20(13-18)28-2)21(24)22-14-16-5-3-4-6-17(16)15-30(25,26)23-9-11-29-12-10-23/h3-8,13H,9-12,14-15H2,1-2H3,(H,22,24). The fraction of sp³-hybridized carbons (Fsp3) is 0.381. The number of hydrogen-bond donors (Lipinski definition) is 1. The van der Waals surface area contributed by atoms with Gasteiger partial charge < -0.3 is 19.5 Å². The summed E-state index contributed by atoms with van der Waals surface area (Å²) in [5.41, 5.74) is 1.78. The Labute approximate surface area is 176 Å². The lowest BCUT2D eigenvalue weighted by Crippen LogP contribution is -2.41. The highest BCUT2D eigenvalue weighted by atomic mass is 32.2. The number of benzene rings is 2. The van der Waals surface area contributed by atoms with Crippen LogP contribution in [0.15, 0.2) is 42.5 Å². The van der Waals surface area contributed by atoms with Crippen LogP contribution in [-0.2, 0) is 27.1 Å². The zero-order chi connectivity index (χ0) is 21.6. The predicted octanol–water partition coefficient (Wildman–Crippen LogP) is 1.80. The van der Waals surface area contributed by atoms with Gasteiger partial charge in [0.1, 0.15) is 11.5 Å². The van der Waals surface area contributed by atoms with Crippen molar-refractivity contribution in [3.8, 4) is 11.5 Å². The molecule has 9 heteroatoms. The Kier molecular flexibility index (Phi) is 7.30. The Balaban J connectivity index is 1.72. The van der Waals surface area contributed by atoms with Gasteiger partial charge in [-0.05, 0) is 23.3 Å². The van der Waals surface area contributed by atoms with E-state index in [1.807, 2.05) is 12.1 Å². The summed E-state index contributed by atoms with van der Waals surface area (Å²) in [6, 6.07) is 12.1. The molecule has 1 heterocycles. The summed E-state index contributed by atoms with van der Waals surface area (Å²) in [7, 11) is -0.440. The first-order valence-corrected chi connectivity index (χ1v) is 11.2. The van der Waals surface area contributed by atoms with Gasteiger partial charge in [-0.3, -0.25) is 4.79 Å². The van der Waals surface area contributed by atoms with E-state index in [1.165, 1.54) is 18.5 Å². The molecule has 1 amide bonds. The van der Waals surface area contributed by atoms with Crippen LogP contribution in [0.4, 0.5) is 0 Å². The molecule has 1 N–H and O–H groups in total. The SMILES string of the molecule is COc1ccc(C(=O)NCc2ccccc2CS(=O)(=O)N2CCOCC2)c(OC)c1. The van der Waals surface area contributed by atoms with Crippen molar-refractivity contribution in [3.63, 3.8) is 0 Å². The monoisotopic (exact) mass is 434 g/mol. The van der Waals surface area contributed by atoms with Gasteiger partial charge in [-0.15, -0.1) is 0 Å². The van der Waals surface area contributed by atoms with Gasteiger partial charge in [0, 0.05) is 25.7 Å². The quantitative estimate of drug-likeness (QED) is 0.681. The molecule has 0 aliphatic carbocycles. The molecule has 0 unspecified atom stereocenters. The lowest BCUT2D eigenvalue weighted by molar-refractivity contribution is 0.0729. The summed E-state index contributed by atoms with van der Waals surface area (Å²) in [6.07, 6.45) is 0. The van der Waals surface area contributed by atoms with Gasteiger partial charge in [-0.25, -0.2) is 8.42 Å². The molecule has 8 nitrogen and oxygen atoms in total. The minimum atomic E-state index is -3.46. The molecule has 0 spiro atoms. The maximum Gasteiger partial charge on any atom is 0.255 e. The summed E-state index contributed by atoms with van der Waals surface area (Å²) in [6.45, 7) is 1.72. The molecular weight excluding hydrogens is 408 g/mol. The second kappa shape index (κ2) is 9.92. The number of ether oxygens (including phenoxy) is 3. The van der Waals surface area contributed by atoms with Crippen LogP contribution in [0.1, 0.15) is 21.5 Å². The highest BCUT2D eigenvalue weighted by Gasteiger charge is 2.25. The molecule has 0 radical (unpaired) electrons. The van der Waals surface area contributed by atoms with E-state index in [9.17, 15) is 13.2 Å². The van der Waals surface area contributed by atoms with Crippen LogP contribution in [0, 0.1) is 0 Å². The summed E-state index contributed by atoms with van der Waals surface area (Å²) in [4.78, 5) is 12.7. The number of hydrogen-bond acceptors (Lipinski definition) is 6. The lowest BCUT2D eigenvalue weighted by atomic mass is 10.1. The molecule has 3 rings (SSSR count). The van der Waals surface area contributed by atoms with Crippen molar-refractivity contribution in [2.24, 2.45) is 0 Å². The molecule has 162 valence electrons. The number of sulfonamides is 1. The smallest absolute Gasteiger partial charge is 0.255 e. The van der Waals surface area contributed by atoms with E-state index in [4.69, 9.17) is 14.2 Å². The zero-order valence-electron chi connectivity index (χ0n) is 17.1. The Morgan fingerprint density at radius 3 is 2.43 bits per heavy atom. The summed E-state index contributed by atoms with van der Waals surface area (Å²) in [5.74, 6) is 0.544. The van der Waals surface area contributed by atoms with E-state index in [0.29, 0.717) is 48.9 Å². The number of carbonyl (C=O) groups is 1. The molecule has 0 saturated carbocycles. The number of amides is 1. The van der Waals surface area contributed by atoms with Gasteiger partial charge >= 0.3 is 0 Å². The number of carbonyl (C=O) groups excluding carboxylic acids is 1. The zero-order valence-corrected chi connectivity index (χ0v) is 17.9. The van der Waals surface area contributed by atoms with E-state index in [2.05, 4.69) is 5.32 Å². The van der Waals surface area contributed by atoms with Crippen LogP contribution in [0.3, 0.4) is 0 Å². The number of rotatable bonds is 8. The minimum absolute atomic E-state index is 0.120. The van der Waals surface area contributed by atoms with E-state index in [1.54, 1.807) is 30.3 Å². The Morgan fingerprint density at radius 1 is 1.07 bits per heavy atom. The molecule has 30 heavy (non-hydrogen) atoms. The third-order valence-corrected chi connectivity index (χ3v) is 6.74. The third kappa shape index (κ3) is 5.29. The molecule has 2 aromatic carbocycles. The van der Waals surface area contributed by atoms with Gasteiger partial charge in [0.05, 0.1) is 38.7 Å². The van der Waals surface area contributed by atoms with Gasteiger partial charge in [0.15, 0.2) is 0 Å². The van der Waals surface area contributed by atoms with Crippen molar-refractivity contribution in [2.75, 3.05) is 40.5 Å². The van der Waals surface area contributed by atoms with Crippen LogP contribution in [-0.4, -0.2) is 59.2 Å². The molecule has 0 aromatic heterocycles.